The molecule has 6 aromatic rings. The van der Waals surface area contributed by atoms with Crippen LogP contribution >= 0.6 is 22.7 Å². The van der Waals surface area contributed by atoms with Crippen molar-refractivity contribution in [1.82, 2.24) is 14.5 Å². The largest absolute Gasteiger partial charge is 0.486 e. The van der Waals surface area contributed by atoms with E-state index in [1.54, 1.807) is 51.2 Å². The molecule has 0 bridgehead atoms. The van der Waals surface area contributed by atoms with Crippen molar-refractivity contribution in [2.45, 2.75) is 52.9 Å². The highest BCUT2D eigenvalue weighted by molar-refractivity contribution is 7.18. The number of benzene rings is 3. The van der Waals surface area contributed by atoms with Crippen LogP contribution in [0.5, 0.6) is 5.75 Å². The van der Waals surface area contributed by atoms with Gasteiger partial charge < -0.3 is 9.47 Å². The zero-order valence-electron chi connectivity index (χ0n) is 24.1. The van der Waals surface area contributed by atoms with E-state index in [4.69, 9.17) is 19.2 Å². The van der Waals surface area contributed by atoms with E-state index in [0.29, 0.717) is 32.9 Å². The molecule has 220 valence electrons. The molecule has 43 heavy (non-hydrogen) atoms. The lowest BCUT2D eigenvalue weighted by molar-refractivity contribution is -0.279. The summed E-state index contributed by atoms with van der Waals surface area (Å²) in [5.41, 5.74) is 2.86. The van der Waals surface area contributed by atoms with Crippen molar-refractivity contribution in [3.63, 3.8) is 0 Å². The normalized spacial score (nSPS) is 11.8. The van der Waals surface area contributed by atoms with Crippen molar-refractivity contribution < 1.29 is 28.8 Å². The summed E-state index contributed by atoms with van der Waals surface area (Å²) >= 11 is 3.05. The number of thiazole rings is 2. The van der Waals surface area contributed by atoms with Gasteiger partial charge in [-0.05, 0) is 75.7 Å². The van der Waals surface area contributed by atoms with Crippen molar-refractivity contribution in [2.24, 2.45) is 0 Å². The summed E-state index contributed by atoms with van der Waals surface area (Å²) in [6, 6.07) is 21.1. The van der Waals surface area contributed by atoms with Crippen LogP contribution in [0.3, 0.4) is 0 Å². The van der Waals surface area contributed by atoms with Crippen LogP contribution in [0.1, 0.15) is 42.0 Å². The lowest BCUT2D eigenvalue weighted by Gasteiger charge is -2.20. The molecule has 0 saturated carbocycles. The fourth-order valence-electron chi connectivity index (χ4n) is 4.75. The summed E-state index contributed by atoms with van der Waals surface area (Å²) in [7, 11) is 0. The van der Waals surface area contributed by atoms with Crippen LogP contribution in [0.25, 0.3) is 31.3 Å². The summed E-state index contributed by atoms with van der Waals surface area (Å²) in [5.74, 6) is -0.0250. The van der Waals surface area contributed by atoms with Gasteiger partial charge in [-0.25, -0.2) is 24.1 Å². The third kappa shape index (κ3) is 6.38. The topological polar surface area (TPSA) is 102 Å². The molecule has 3 aromatic heterocycles. The van der Waals surface area contributed by atoms with E-state index in [1.165, 1.54) is 15.9 Å². The minimum absolute atomic E-state index is 0.0352. The summed E-state index contributed by atoms with van der Waals surface area (Å²) in [4.78, 5) is 45.7. The Morgan fingerprint density at radius 3 is 2.12 bits per heavy atom. The van der Waals surface area contributed by atoms with Crippen molar-refractivity contribution >= 4 is 66.1 Å². The molecule has 0 aliphatic heterocycles. The van der Waals surface area contributed by atoms with Crippen molar-refractivity contribution in [3.8, 4) is 5.75 Å². The number of rotatable bonds is 8. The monoisotopic (exact) mass is 615 g/mol. The molecule has 0 amide bonds. The Labute approximate surface area is 255 Å². The van der Waals surface area contributed by atoms with Crippen LogP contribution in [0.4, 0.5) is 4.79 Å². The fraction of sp³-hybridized carbons (Fsp3) is 0.250. The Morgan fingerprint density at radius 1 is 0.860 bits per heavy atom. The molecule has 0 aliphatic carbocycles. The van der Waals surface area contributed by atoms with E-state index in [0.717, 1.165) is 25.4 Å². The molecule has 6 rings (SSSR count). The number of aromatic nitrogens is 3. The standard InChI is InChI=1S/C32H29N3O6S2/c1-19-21(16-30(36)41-39-18-29-34-24-10-6-8-12-27(24)43-29)22-15-20(13-14-25(22)35(19)31(37)40-32(2,3)4)38-17-28-33-23-9-5-7-11-26(23)42-28/h5-15H,16-18H2,1-4H3. The van der Waals surface area contributed by atoms with Crippen molar-refractivity contribution in [3.05, 3.63) is 88.0 Å². The highest BCUT2D eigenvalue weighted by Gasteiger charge is 2.26. The summed E-state index contributed by atoms with van der Waals surface area (Å²) in [6.45, 7) is 7.51. The Balaban J connectivity index is 1.22. The SMILES string of the molecule is Cc1c(CC(=O)OOCc2nc3ccccc3s2)c2cc(OCc3nc4ccccc4s3)ccc2n1C(=O)OC(C)(C)C. The van der Waals surface area contributed by atoms with Gasteiger partial charge in [0.1, 0.15) is 34.6 Å². The summed E-state index contributed by atoms with van der Waals surface area (Å²) < 4.78 is 15.4. The lowest BCUT2D eigenvalue weighted by atomic mass is 10.1. The number of hydrogen-bond acceptors (Lipinski definition) is 10. The lowest BCUT2D eigenvalue weighted by Crippen LogP contribution is -2.27. The van der Waals surface area contributed by atoms with E-state index in [-0.39, 0.29) is 19.6 Å². The van der Waals surface area contributed by atoms with Gasteiger partial charge in [-0.1, -0.05) is 24.3 Å². The van der Waals surface area contributed by atoms with E-state index in [9.17, 15) is 9.59 Å². The van der Waals surface area contributed by atoms with Gasteiger partial charge in [-0.3, -0.25) is 4.89 Å². The van der Waals surface area contributed by atoms with Gasteiger partial charge in [0.15, 0.2) is 0 Å². The van der Waals surface area contributed by atoms with Gasteiger partial charge in [0.05, 0.1) is 32.4 Å². The second-order valence-corrected chi connectivity index (χ2v) is 13.1. The third-order valence-electron chi connectivity index (χ3n) is 6.58. The minimum Gasteiger partial charge on any atom is -0.486 e. The average Bonchev–Trinajstić information content (AvgIpc) is 3.64. The first-order chi connectivity index (χ1) is 20.6. The van der Waals surface area contributed by atoms with Crippen molar-refractivity contribution in [2.75, 3.05) is 0 Å². The average molecular weight is 616 g/mol. The quantitative estimate of drug-likeness (QED) is 0.127. The zero-order chi connectivity index (χ0) is 30.1. The number of carbonyl (C=O) groups excluding carboxylic acids is 2. The van der Waals surface area contributed by atoms with E-state index < -0.39 is 17.7 Å². The molecule has 3 heterocycles. The predicted octanol–water partition coefficient (Wildman–Crippen LogP) is 7.75. The second-order valence-electron chi connectivity index (χ2n) is 10.9. The number of carbonyl (C=O) groups is 2. The fourth-order valence-corrected chi connectivity index (χ4v) is 6.50. The molecule has 0 radical (unpaired) electrons. The Morgan fingerprint density at radius 2 is 1.49 bits per heavy atom. The molecule has 0 aliphatic rings. The maximum atomic E-state index is 13.2. The van der Waals surface area contributed by atoms with Gasteiger partial charge in [0.25, 0.3) is 0 Å². The molecule has 11 heteroatoms. The maximum Gasteiger partial charge on any atom is 0.419 e. The molecule has 0 fully saturated rings. The van der Waals surface area contributed by atoms with E-state index >= 15 is 0 Å². The van der Waals surface area contributed by atoms with E-state index in [2.05, 4.69) is 9.97 Å². The molecule has 3 aromatic carbocycles. The van der Waals surface area contributed by atoms with Crippen molar-refractivity contribution in [1.29, 1.82) is 0 Å². The molecule has 0 spiro atoms. The van der Waals surface area contributed by atoms with Crippen LogP contribution in [0.2, 0.25) is 0 Å². The number of para-hydroxylation sites is 2. The van der Waals surface area contributed by atoms with E-state index in [1.807, 2.05) is 54.6 Å². The highest BCUT2D eigenvalue weighted by Crippen LogP contribution is 2.32. The van der Waals surface area contributed by atoms with Gasteiger partial charge in [0, 0.05) is 11.1 Å². The maximum absolute atomic E-state index is 13.2. The van der Waals surface area contributed by atoms with Gasteiger partial charge in [0.2, 0.25) is 0 Å². The third-order valence-corrected chi connectivity index (χ3v) is 8.60. The number of hydrogen-bond donors (Lipinski definition) is 0. The van der Waals surface area contributed by atoms with Gasteiger partial charge in [-0.2, -0.15) is 4.89 Å². The molecule has 0 saturated heterocycles. The van der Waals surface area contributed by atoms with Crippen LogP contribution in [0.15, 0.2) is 66.7 Å². The Bertz CT molecular complexity index is 1900. The Hall–Kier alpha value is -4.32. The second kappa shape index (κ2) is 11.8. The Kier molecular flexibility index (Phi) is 7.87. The van der Waals surface area contributed by atoms with Crippen LogP contribution in [-0.2, 0) is 38.9 Å². The molecule has 0 N–H and O–H groups in total. The molecule has 9 nitrogen and oxygen atoms in total. The number of nitrogens with zero attached hydrogens (tertiary/aromatic N) is 3. The molecular formula is C32H29N3O6S2. The van der Waals surface area contributed by atoms with Gasteiger partial charge in [-0.15, -0.1) is 22.7 Å². The first-order valence-corrected chi connectivity index (χ1v) is 15.3. The zero-order valence-corrected chi connectivity index (χ0v) is 25.7. The summed E-state index contributed by atoms with van der Waals surface area (Å²) in [5, 5.41) is 2.22. The number of ether oxygens (including phenoxy) is 2. The first-order valence-electron chi connectivity index (χ1n) is 13.7. The van der Waals surface area contributed by atoms with Crippen LogP contribution in [0, 0.1) is 6.92 Å². The molecule has 0 unspecified atom stereocenters. The van der Waals surface area contributed by atoms with Crippen LogP contribution < -0.4 is 4.74 Å². The number of fused-ring (bicyclic) bond motifs is 3. The minimum atomic E-state index is -0.700. The first kappa shape index (κ1) is 28.8. The van der Waals surface area contributed by atoms with Gasteiger partial charge >= 0.3 is 12.1 Å². The van der Waals surface area contributed by atoms with Crippen LogP contribution in [-0.4, -0.2) is 32.2 Å². The smallest absolute Gasteiger partial charge is 0.419 e. The predicted molar refractivity (Wildman–Crippen MR) is 166 cm³/mol. The molecular weight excluding hydrogens is 587 g/mol. The molecule has 0 atom stereocenters. The summed E-state index contributed by atoms with van der Waals surface area (Å²) in [6.07, 6.45) is -0.663. The highest BCUT2D eigenvalue weighted by atomic mass is 32.1.